The van der Waals surface area contributed by atoms with Gasteiger partial charge >= 0.3 is 0 Å². The molecule has 0 saturated heterocycles. The molecule has 0 unspecified atom stereocenters. The number of hydrogen-bond acceptors (Lipinski definition) is 2. The van der Waals surface area contributed by atoms with E-state index in [0.29, 0.717) is 18.0 Å². The molecule has 1 aromatic heterocycles. The monoisotopic (exact) mass is 285 g/mol. The lowest BCUT2D eigenvalue weighted by molar-refractivity contribution is 0.0783. The minimum absolute atomic E-state index is 0.00619. The number of aromatic amines is 1. The van der Waals surface area contributed by atoms with E-state index in [1.807, 2.05) is 20.9 Å². The normalized spacial score (nSPS) is 11.0. The molecule has 1 amide bonds. The highest BCUT2D eigenvalue weighted by Crippen LogP contribution is 2.17. The summed E-state index contributed by atoms with van der Waals surface area (Å²) in [7, 11) is 1.82. The van der Waals surface area contributed by atoms with Gasteiger partial charge in [-0.05, 0) is 30.9 Å². The summed E-state index contributed by atoms with van der Waals surface area (Å²) in [5.74, 6) is 0.529. The first-order valence-corrected chi connectivity index (χ1v) is 7.26. The second kappa shape index (κ2) is 6.12. The van der Waals surface area contributed by atoms with Gasteiger partial charge in [-0.2, -0.15) is 5.10 Å². The fraction of sp³-hybridized carbons (Fsp3) is 0.412. The van der Waals surface area contributed by atoms with Gasteiger partial charge in [-0.15, -0.1) is 0 Å². The number of H-pyrrole nitrogens is 1. The Morgan fingerprint density at radius 1 is 1.24 bits per heavy atom. The molecule has 1 heterocycles. The van der Waals surface area contributed by atoms with Gasteiger partial charge in [0.2, 0.25) is 0 Å². The van der Waals surface area contributed by atoms with Crippen molar-refractivity contribution in [2.24, 2.45) is 0 Å². The van der Waals surface area contributed by atoms with E-state index >= 15 is 0 Å². The molecule has 0 saturated carbocycles. The number of aryl methyl sites for hydroxylation is 2. The number of rotatable bonds is 4. The Labute approximate surface area is 126 Å². The van der Waals surface area contributed by atoms with Crippen molar-refractivity contribution in [3.8, 4) is 0 Å². The molecule has 1 aromatic carbocycles. The van der Waals surface area contributed by atoms with Crippen LogP contribution in [0.2, 0.25) is 0 Å². The summed E-state index contributed by atoms with van der Waals surface area (Å²) in [6.07, 6.45) is 0. The number of nitrogens with one attached hydrogen (secondary N) is 1. The van der Waals surface area contributed by atoms with E-state index < -0.39 is 0 Å². The molecule has 112 valence electrons. The second-order valence-electron chi connectivity index (χ2n) is 5.87. The molecule has 1 N–H and O–H groups in total. The van der Waals surface area contributed by atoms with E-state index in [1.54, 1.807) is 4.90 Å². The zero-order chi connectivity index (χ0) is 15.6. The van der Waals surface area contributed by atoms with Gasteiger partial charge in [0.05, 0.1) is 11.3 Å². The van der Waals surface area contributed by atoms with Gasteiger partial charge in [0, 0.05) is 19.3 Å². The molecular formula is C17H23N3O. The maximum Gasteiger partial charge on any atom is 0.257 e. The molecule has 4 heteroatoms. The van der Waals surface area contributed by atoms with Crippen molar-refractivity contribution in [2.75, 3.05) is 7.05 Å². The van der Waals surface area contributed by atoms with Crippen LogP contribution < -0.4 is 0 Å². The van der Waals surface area contributed by atoms with Crippen LogP contribution in [0, 0.1) is 13.8 Å². The maximum atomic E-state index is 12.5. The highest BCUT2D eigenvalue weighted by Gasteiger charge is 2.19. The van der Waals surface area contributed by atoms with E-state index in [2.05, 4.69) is 48.3 Å². The smallest absolute Gasteiger partial charge is 0.257 e. The Balaban J connectivity index is 2.11. The molecule has 0 bridgehead atoms. The Morgan fingerprint density at radius 2 is 1.86 bits per heavy atom. The highest BCUT2D eigenvalue weighted by molar-refractivity contribution is 5.96. The van der Waals surface area contributed by atoms with Crippen LogP contribution in [0.15, 0.2) is 24.3 Å². The largest absolute Gasteiger partial charge is 0.337 e. The number of carbonyl (C=O) groups excluding carboxylic acids is 1. The summed E-state index contributed by atoms with van der Waals surface area (Å²) in [6, 6.07) is 8.45. The average molecular weight is 285 g/mol. The van der Waals surface area contributed by atoms with Crippen LogP contribution in [0.1, 0.15) is 52.6 Å². The summed E-state index contributed by atoms with van der Waals surface area (Å²) in [5.41, 5.74) is 4.69. The molecule has 21 heavy (non-hydrogen) atoms. The lowest BCUT2D eigenvalue weighted by Gasteiger charge is -2.18. The molecule has 0 aliphatic carbocycles. The molecule has 0 atom stereocenters. The van der Waals surface area contributed by atoms with E-state index in [4.69, 9.17) is 0 Å². The van der Waals surface area contributed by atoms with E-state index in [0.717, 1.165) is 17.0 Å². The van der Waals surface area contributed by atoms with Crippen LogP contribution in [0.3, 0.4) is 0 Å². The standard InChI is InChI=1S/C17H23N3O/c1-11(2)15-8-6-14(7-9-15)10-20(5)17(21)16-12(3)18-19-13(16)4/h6-9,11H,10H2,1-5H3,(H,18,19). The number of benzene rings is 1. The van der Waals surface area contributed by atoms with Crippen molar-refractivity contribution >= 4 is 5.91 Å². The Bertz CT molecular complexity index is 606. The van der Waals surface area contributed by atoms with Crippen LogP contribution in [-0.4, -0.2) is 28.1 Å². The molecule has 0 fully saturated rings. The first-order chi connectivity index (χ1) is 9.90. The molecule has 4 nitrogen and oxygen atoms in total. The number of aromatic nitrogens is 2. The molecule has 2 rings (SSSR count). The van der Waals surface area contributed by atoms with Crippen LogP contribution in [0.25, 0.3) is 0 Å². The Morgan fingerprint density at radius 3 is 2.33 bits per heavy atom. The zero-order valence-corrected chi connectivity index (χ0v) is 13.4. The van der Waals surface area contributed by atoms with E-state index in [9.17, 15) is 4.79 Å². The summed E-state index contributed by atoms with van der Waals surface area (Å²) >= 11 is 0. The van der Waals surface area contributed by atoms with Gasteiger partial charge in [-0.25, -0.2) is 0 Å². The Hall–Kier alpha value is -2.10. The minimum Gasteiger partial charge on any atom is -0.337 e. The fourth-order valence-corrected chi connectivity index (χ4v) is 2.41. The first-order valence-electron chi connectivity index (χ1n) is 7.26. The van der Waals surface area contributed by atoms with Crippen molar-refractivity contribution in [1.29, 1.82) is 0 Å². The highest BCUT2D eigenvalue weighted by atomic mass is 16.2. The number of hydrogen-bond donors (Lipinski definition) is 1. The predicted molar refractivity (Wildman–Crippen MR) is 84.4 cm³/mol. The van der Waals surface area contributed by atoms with Crippen LogP contribution in [0.4, 0.5) is 0 Å². The summed E-state index contributed by atoms with van der Waals surface area (Å²) in [4.78, 5) is 14.2. The van der Waals surface area contributed by atoms with Gasteiger partial charge in [-0.3, -0.25) is 9.89 Å². The first kappa shape index (κ1) is 15.3. The SMILES string of the molecule is Cc1n[nH]c(C)c1C(=O)N(C)Cc1ccc(C(C)C)cc1. The van der Waals surface area contributed by atoms with Crippen molar-refractivity contribution in [1.82, 2.24) is 15.1 Å². The number of nitrogens with zero attached hydrogens (tertiary/aromatic N) is 2. The van der Waals surface area contributed by atoms with Crippen molar-refractivity contribution in [2.45, 2.75) is 40.2 Å². The minimum atomic E-state index is 0.00619. The van der Waals surface area contributed by atoms with Crippen LogP contribution in [-0.2, 0) is 6.54 Å². The average Bonchev–Trinajstić information content (AvgIpc) is 2.78. The van der Waals surface area contributed by atoms with E-state index in [-0.39, 0.29) is 5.91 Å². The summed E-state index contributed by atoms with van der Waals surface area (Å²) in [5, 5.41) is 6.94. The molecule has 0 radical (unpaired) electrons. The molecule has 0 aliphatic rings. The fourth-order valence-electron chi connectivity index (χ4n) is 2.41. The lowest BCUT2D eigenvalue weighted by atomic mass is 10.0. The maximum absolute atomic E-state index is 12.5. The zero-order valence-electron chi connectivity index (χ0n) is 13.4. The number of amides is 1. The number of carbonyl (C=O) groups is 1. The topological polar surface area (TPSA) is 49.0 Å². The van der Waals surface area contributed by atoms with Gasteiger partial charge in [0.15, 0.2) is 0 Å². The summed E-state index contributed by atoms with van der Waals surface area (Å²) < 4.78 is 0. The molecule has 0 aliphatic heterocycles. The van der Waals surface area contributed by atoms with Gasteiger partial charge in [0.1, 0.15) is 0 Å². The Kier molecular flexibility index (Phi) is 4.46. The van der Waals surface area contributed by atoms with Gasteiger partial charge in [-0.1, -0.05) is 38.1 Å². The third-order valence-electron chi connectivity index (χ3n) is 3.75. The lowest BCUT2D eigenvalue weighted by Crippen LogP contribution is -2.27. The van der Waals surface area contributed by atoms with Crippen LogP contribution >= 0.6 is 0 Å². The molecular weight excluding hydrogens is 262 g/mol. The van der Waals surface area contributed by atoms with Crippen molar-refractivity contribution in [3.63, 3.8) is 0 Å². The predicted octanol–water partition coefficient (Wildman–Crippen LogP) is 3.42. The quantitative estimate of drug-likeness (QED) is 0.935. The van der Waals surface area contributed by atoms with Gasteiger partial charge < -0.3 is 4.90 Å². The molecule has 0 spiro atoms. The van der Waals surface area contributed by atoms with Crippen molar-refractivity contribution < 1.29 is 4.79 Å². The van der Waals surface area contributed by atoms with Crippen molar-refractivity contribution in [3.05, 3.63) is 52.3 Å². The third kappa shape index (κ3) is 3.32. The van der Waals surface area contributed by atoms with Gasteiger partial charge in [0.25, 0.3) is 5.91 Å². The third-order valence-corrected chi connectivity index (χ3v) is 3.75. The van der Waals surface area contributed by atoms with Crippen LogP contribution in [0.5, 0.6) is 0 Å². The summed E-state index contributed by atoms with van der Waals surface area (Å²) in [6.45, 7) is 8.67. The molecule has 2 aromatic rings. The van der Waals surface area contributed by atoms with E-state index in [1.165, 1.54) is 5.56 Å². The second-order valence-corrected chi connectivity index (χ2v) is 5.87.